The summed E-state index contributed by atoms with van der Waals surface area (Å²) in [6.07, 6.45) is 87.7. The molecule has 0 aliphatic rings. The minimum Gasteiger partial charge on any atom is -0.462 e. The fourth-order valence-corrected chi connectivity index (χ4v) is 9.95. The van der Waals surface area contributed by atoms with Gasteiger partial charge in [0.15, 0.2) is 6.10 Å². The van der Waals surface area contributed by atoms with Crippen LogP contribution >= 0.6 is 0 Å². The second-order valence-corrected chi connectivity index (χ2v) is 23.1. The third-order valence-corrected chi connectivity index (χ3v) is 15.2. The van der Waals surface area contributed by atoms with E-state index in [0.29, 0.717) is 19.3 Å². The van der Waals surface area contributed by atoms with Gasteiger partial charge in [-0.15, -0.1) is 0 Å². The minimum absolute atomic E-state index is 0.0819. The summed E-state index contributed by atoms with van der Waals surface area (Å²) in [6, 6.07) is 0. The molecule has 6 heteroatoms. The molecule has 0 bridgehead atoms. The highest BCUT2D eigenvalue weighted by Gasteiger charge is 2.19. The molecule has 6 nitrogen and oxygen atoms in total. The van der Waals surface area contributed by atoms with Crippen LogP contribution in [-0.4, -0.2) is 37.2 Å². The fourth-order valence-electron chi connectivity index (χ4n) is 9.95. The lowest BCUT2D eigenvalue weighted by Gasteiger charge is -2.18. The highest BCUT2D eigenvalue weighted by atomic mass is 16.6. The third kappa shape index (κ3) is 65.5. The first-order valence-electron chi connectivity index (χ1n) is 34.4. The Kier molecular flexibility index (Phi) is 64.7. The Hall–Kier alpha value is -3.15. The van der Waals surface area contributed by atoms with Gasteiger partial charge in [0.05, 0.1) is 0 Å². The average molecular weight is 1100 g/mol. The predicted octanol–water partition coefficient (Wildman–Crippen LogP) is 23.7. The highest BCUT2D eigenvalue weighted by Crippen LogP contribution is 2.17. The Morgan fingerprint density at radius 1 is 0.253 bits per heavy atom. The van der Waals surface area contributed by atoms with Gasteiger partial charge < -0.3 is 14.2 Å². The van der Waals surface area contributed by atoms with Crippen LogP contribution in [0.25, 0.3) is 0 Å². The van der Waals surface area contributed by atoms with Gasteiger partial charge in [0, 0.05) is 19.3 Å². The van der Waals surface area contributed by atoms with E-state index >= 15 is 0 Å². The molecular formula is C73H130O6. The molecule has 0 rings (SSSR count). The van der Waals surface area contributed by atoms with E-state index in [0.717, 1.165) is 96.3 Å². The molecule has 1 unspecified atom stereocenters. The first-order chi connectivity index (χ1) is 39.0. The average Bonchev–Trinajstić information content (AvgIpc) is 3.45. The van der Waals surface area contributed by atoms with Gasteiger partial charge in [-0.05, 0) is 116 Å². The van der Waals surface area contributed by atoms with Gasteiger partial charge in [-0.1, -0.05) is 293 Å². The Balaban J connectivity index is 4.34. The van der Waals surface area contributed by atoms with E-state index in [9.17, 15) is 14.4 Å². The topological polar surface area (TPSA) is 78.9 Å². The van der Waals surface area contributed by atoms with Crippen molar-refractivity contribution in [2.75, 3.05) is 13.2 Å². The molecule has 0 aromatic rings. The lowest BCUT2D eigenvalue weighted by Crippen LogP contribution is -2.30. The summed E-state index contributed by atoms with van der Waals surface area (Å²) in [5.74, 6) is -0.886. The maximum absolute atomic E-state index is 12.9. The van der Waals surface area contributed by atoms with Crippen molar-refractivity contribution >= 4 is 17.9 Å². The molecule has 458 valence electrons. The van der Waals surface area contributed by atoms with Crippen molar-refractivity contribution in [2.24, 2.45) is 0 Å². The van der Waals surface area contributed by atoms with Crippen molar-refractivity contribution in [1.82, 2.24) is 0 Å². The van der Waals surface area contributed by atoms with Crippen molar-refractivity contribution in [3.05, 3.63) is 72.9 Å². The summed E-state index contributed by atoms with van der Waals surface area (Å²) in [6.45, 7) is 6.64. The van der Waals surface area contributed by atoms with E-state index in [1.165, 1.54) is 218 Å². The third-order valence-electron chi connectivity index (χ3n) is 15.2. The van der Waals surface area contributed by atoms with Crippen molar-refractivity contribution in [2.45, 2.75) is 361 Å². The quantitative estimate of drug-likeness (QED) is 0.0261. The summed E-state index contributed by atoms with van der Waals surface area (Å²) in [5, 5.41) is 0. The number of hydrogen-bond acceptors (Lipinski definition) is 6. The molecule has 0 aliphatic carbocycles. The number of hydrogen-bond donors (Lipinski definition) is 0. The molecule has 0 aliphatic heterocycles. The van der Waals surface area contributed by atoms with Crippen LogP contribution in [0, 0.1) is 0 Å². The molecule has 0 spiro atoms. The molecular weight excluding hydrogens is 973 g/mol. The summed E-state index contributed by atoms with van der Waals surface area (Å²) >= 11 is 0. The number of unbranched alkanes of at least 4 members (excludes halogenated alkanes) is 40. The fraction of sp³-hybridized carbons (Fsp3) is 0.795. The predicted molar refractivity (Wildman–Crippen MR) is 344 cm³/mol. The van der Waals surface area contributed by atoms with Crippen molar-refractivity contribution < 1.29 is 28.6 Å². The van der Waals surface area contributed by atoms with E-state index in [1.54, 1.807) is 0 Å². The number of esters is 3. The first kappa shape index (κ1) is 75.8. The molecule has 0 fully saturated rings. The van der Waals surface area contributed by atoms with E-state index in [1.807, 2.05) is 0 Å². The van der Waals surface area contributed by atoms with Crippen LogP contribution in [0.1, 0.15) is 355 Å². The Morgan fingerprint density at radius 2 is 0.456 bits per heavy atom. The van der Waals surface area contributed by atoms with Gasteiger partial charge in [-0.3, -0.25) is 14.4 Å². The summed E-state index contributed by atoms with van der Waals surface area (Å²) in [5.41, 5.74) is 0. The smallest absolute Gasteiger partial charge is 0.306 e. The van der Waals surface area contributed by atoms with Gasteiger partial charge in [0.2, 0.25) is 0 Å². The van der Waals surface area contributed by atoms with Crippen LogP contribution in [0.3, 0.4) is 0 Å². The molecule has 0 heterocycles. The zero-order valence-corrected chi connectivity index (χ0v) is 52.6. The summed E-state index contributed by atoms with van der Waals surface area (Å²) in [7, 11) is 0. The minimum atomic E-state index is -0.788. The molecule has 0 radical (unpaired) electrons. The SMILES string of the molecule is CCCCCCC/C=C\C/C=C\C/C=C\CCCCCCCCC(=O)OC(COC(=O)CCCCCCC/C=C\CCCCCCCC)COC(=O)CCCCCCCCCCCCCCC/C=C\C/C=C\CCCCCCC. The maximum atomic E-state index is 12.9. The number of ether oxygens (including phenoxy) is 3. The van der Waals surface area contributed by atoms with Gasteiger partial charge in [0.25, 0.3) is 0 Å². The van der Waals surface area contributed by atoms with E-state index in [4.69, 9.17) is 14.2 Å². The zero-order chi connectivity index (χ0) is 57.1. The monoisotopic (exact) mass is 1100 g/mol. The second kappa shape index (κ2) is 67.4. The number of carbonyl (C=O) groups excluding carboxylic acids is 3. The molecule has 0 saturated carbocycles. The van der Waals surface area contributed by atoms with Gasteiger partial charge >= 0.3 is 17.9 Å². The molecule has 0 aromatic carbocycles. The van der Waals surface area contributed by atoms with Crippen molar-refractivity contribution in [3.63, 3.8) is 0 Å². The highest BCUT2D eigenvalue weighted by molar-refractivity contribution is 5.71. The molecule has 79 heavy (non-hydrogen) atoms. The number of allylic oxidation sites excluding steroid dienone is 12. The summed E-state index contributed by atoms with van der Waals surface area (Å²) in [4.78, 5) is 38.4. The van der Waals surface area contributed by atoms with Crippen molar-refractivity contribution in [3.8, 4) is 0 Å². The van der Waals surface area contributed by atoms with Crippen LogP contribution in [0.5, 0.6) is 0 Å². The van der Waals surface area contributed by atoms with Gasteiger partial charge in [-0.25, -0.2) is 0 Å². The number of rotatable bonds is 63. The van der Waals surface area contributed by atoms with Crippen LogP contribution in [0.4, 0.5) is 0 Å². The second-order valence-electron chi connectivity index (χ2n) is 23.1. The lowest BCUT2D eigenvalue weighted by molar-refractivity contribution is -0.167. The standard InChI is InChI=1S/C73H130O6/c1-4-7-10-13-16-19-22-25-28-30-32-34-35-36-37-39-40-42-45-48-51-54-57-60-63-66-72(75)78-69-70(68-77-71(74)65-62-59-56-53-50-47-44-27-24-21-18-15-12-9-6-3)79-73(76)67-64-61-58-55-52-49-46-43-41-38-33-31-29-26-23-20-17-14-11-8-5-2/h22-23,25-27,30-33,41,43-44,70H,4-21,24,28-29,34-40,42,45-69H2,1-3H3/b25-22-,26-23-,32-30-,33-31-,43-41-,44-27-. The van der Waals surface area contributed by atoms with Gasteiger partial charge in [0.1, 0.15) is 13.2 Å². The van der Waals surface area contributed by atoms with E-state index in [2.05, 4.69) is 93.7 Å². The largest absolute Gasteiger partial charge is 0.462 e. The Labute approximate surface area is 491 Å². The van der Waals surface area contributed by atoms with Crippen LogP contribution < -0.4 is 0 Å². The maximum Gasteiger partial charge on any atom is 0.306 e. The van der Waals surface area contributed by atoms with Crippen molar-refractivity contribution in [1.29, 1.82) is 0 Å². The molecule has 0 aromatic heterocycles. The van der Waals surface area contributed by atoms with Crippen LogP contribution in [0.15, 0.2) is 72.9 Å². The molecule has 0 N–H and O–H groups in total. The van der Waals surface area contributed by atoms with Crippen LogP contribution in [0.2, 0.25) is 0 Å². The molecule has 0 saturated heterocycles. The summed E-state index contributed by atoms with van der Waals surface area (Å²) < 4.78 is 17.0. The van der Waals surface area contributed by atoms with Crippen LogP contribution in [-0.2, 0) is 28.6 Å². The zero-order valence-electron chi connectivity index (χ0n) is 52.6. The van der Waals surface area contributed by atoms with E-state index < -0.39 is 6.10 Å². The first-order valence-corrected chi connectivity index (χ1v) is 34.4. The molecule has 0 amide bonds. The normalized spacial score (nSPS) is 12.5. The number of carbonyl (C=O) groups is 3. The van der Waals surface area contributed by atoms with Gasteiger partial charge in [-0.2, -0.15) is 0 Å². The Bertz CT molecular complexity index is 1450. The Morgan fingerprint density at radius 3 is 0.722 bits per heavy atom. The molecule has 1 atom stereocenters. The van der Waals surface area contributed by atoms with E-state index in [-0.39, 0.29) is 31.1 Å². The lowest BCUT2D eigenvalue weighted by atomic mass is 10.0.